The monoisotopic (exact) mass is 374 g/mol. The van der Waals surface area contributed by atoms with Crippen LogP contribution in [0.1, 0.15) is 32.1 Å². The summed E-state index contributed by atoms with van der Waals surface area (Å²) in [6, 6.07) is 1.97. The van der Waals surface area contributed by atoms with E-state index in [0.29, 0.717) is 17.3 Å². The molecule has 1 saturated carbocycles. The summed E-state index contributed by atoms with van der Waals surface area (Å²) >= 11 is 8.96. The molecule has 3 rings (SSSR count). The third-order valence-electron chi connectivity index (χ3n) is 4.10. The van der Waals surface area contributed by atoms with Crippen LogP contribution < -0.4 is 10.2 Å². The molecule has 4 nitrogen and oxygen atoms in total. The Kier molecular flexibility index (Phi) is 3.69. The van der Waals surface area contributed by atoms with Gasteiger partial charge in [-0.05, 0) is 40.9 Å². The number of nitrogens with zero attached hydrogens (tertiary/aromatic N) is 1. The van der Waals surface area contributed by atoms with E-state index in [9.17, 15) is 14.0 Å². The number of hydrogen-bond donors (Lipinski definition) is 1. The van der Waals surface area contributed by atoms with E-state index in [1.807, 2.05) is 0 Å². The molecule has 0 unspecified atom stereocenters. The zero-order valence-corrected chi connectivity index (χ0v) is 13.4. The number of carbonyl (C=O) groups is 2. The molecule has 1 saturated heterocycles. The highest BCUT2D eigenvalue weighted by Crippen LogP contribution is 2.39. The van der Waals surface area contributed by atoms with Gasteiger partial charge in [-0.15, -0.1) is 0 Å². The van der Waals surface area contributed by atoms with E-state index >= 15 is 0 Å². The lowest BCUT2D eigenvalue weighted by atomic mass is 9.82. The summed E-state index contributed by atoms with van der Waals surface area (Å²) < 4.78 is 13.7. The Morgan fingerprint density at radius 1 is 1.24 bits per heavy atom. The molecule has 2 aliphatic rings. The van der Waals surface area contributed by atoms with Gasteiger partial charge in [0.25, 0.3) is 5.91 Å². The number of imide groups is 1. The average Bonchev–Trinajstić information content (AvgIpc) is 2.67. The molecule has 0 aromatic heterocycles. The number of carbonyl (C=O) groups excluding carboxylic acids is 2. The third-order valence-corrected chi connectivity index (χ3v) is 5.02. The zero-order valence-electron chi connectivity index (χ0n) is 11.1. The normalized spacial score (nSPS) is 21.0. The van der Waals surface area contributed by atoms with Crippen LogP contribution in [0, 0.1) is 5.82 Å². The summed E-state index contributed by atoms with van der Waals surface area (Å²) in [5, 5.41) is 2.68. The molecule has 3 amide bonds. The van der Waals surface area contributed by atoms with Crippen molar-refractivity contribution >= 4 is 45.2 Å². The molecule has 1 heterocycles. The number of nitrogens with one attached hydrogen (secondary N) is 1. The maximum absolute atomic E-state index is 13.4. The Labute approximate surface area is 134 Å². The zero-order chi connectivity index (χ0) is 15.2. The highest BCUT2D eigenvalue weighted by Gasteiger charge is 2.52. The first kappa shape index (κ1) is 14.8. The first-order valence-corrected chi connectivity index (χ1v) is 7.93. The van der Waals surface area contributed by atoms with Crippen molar-refractivity contribution in [2.75, 3.05) is 4.90 Å². The average molecular weight is 376 g/mol. The van der Waals surface area contributed by atoms with Crippen molar-refractivity contribution in [1.29, 1.82) is 0 Å². The van der Waals surface area contributed by atoms with Gasteiger partial charge in [-0.25, -0.2) is 14.1 Å². The minimum atomic E-state index is -0.810. The van der Waals surface area contributed by atoms with E-state index in [0.717, 1.165) is 30.2 Å². The second-order valence-electron chi connectivity index (χ2n) is 5.43. The number of amides is 3. The van der Waals surface area contributed by atoms with Gasteiger partial charge in [-0.3, -0.25) is 4.79 Å². The summed E-state index contributed by atoms with van der Waals surface area (Å²) in [7, 11) is 0. The van der Waals surface area contributed by atoms with E-state index in [4.69, 9.17) is 11.6 Å². The number of anilines is 1. The molecule has 1 N–H and O–H groups in total. The number of hydrogen-bond acceptors (Lipinski definition) is 2. The quantitative estimate of drug-likeness (QED) is 0.596. The van der Waals surface area contributed by atoms with E-state index in [1.54, 1.807) is 0 Å². The van der Waals surface area contributed by atoms with Crippen molar-refractivity contribution in [3.8, 4) is 0 Å². The molecule has 1 aliphatic carbocycles. The number of halogens is 3. The molecule has 0 atom stereocenters. The maximum Gasteiger partial charge on any atom is 0.329 e. The SMILES string of the molecule is O=C1NC2(CCCCC2)C(=O)N1c1cc(Cl)c(F)cc1Br. The van der Waals surface area contributed by atoms with Crippen LogP contribution in [0.3, 0.4) is 0 Å². The van der Waals surface area contributed by atoms with E-state index < -0.39 is 17.4 Å². The molecule has 0 radical (unpaired) electrons. The maximum atomic E-state index is 13.4. The van der Waals surface area contributed by atoms with Gasteiger partial charge in [0.1, 0.15) is 11.4 Å². The Morgan fingerprint density at radius 2 is 1.90 bits per heavy atom. The molecule has 7 heteroatoms. The van der Waals surface area contributed by atoms with E-state index in [2.05, 4.69) is 21.2 Å². The molecule has 112 valence electrons. The lowest BCUT2D eigenvalue weighted by molar-refractivity contribution is -0.123. The molecule has 21 heavy (non-hydrogen) atoms. The van der Waals surface area contributed by atoms with Gasteiger partial charge < -0.3 is 5.32 Å². The fourth-order valence-corrected chi connectivity index (χ4v) is 3.67. The van der Waals surface area contributed by atoms with Crippen LogP contribution in [0.25, 0.3) is 0 Å². The van der Waals surface area contributed by atoms with Crippen LogP contribution in [0.5, 0.6) is 0 Å². The van der Waals surface area contributed by atoms with Gasteiger partial charge >= 0.3 is 6.03 Å². The number of benzene rings is 1. The van der Waals surface area contributed by atoms with Crippen LogP contribution in [-0.2, 0) is 4.79 Å². The van der Waals surface area contributed by atoms with Crippen molar-refractivity contribution in [3.05, 3.63) is 27.4 Å². The number of urea groups is 1. The van der Waals surface area contributed by atoms with Crippen molar-refractivity contribution in [2.24, 2.45) is 0 Å². The summed E-state index contributed by atoms with van der Waals surface area (Å²) in [5.41, 5.74) is -0.540. The van der Waals surface area contributed by atoms with Crippen molar-refractivity contribution < 1.29 is 14.0 Å². The van der Waals surface area contributed by atoms with Crippen molar-refractivity contribution in [2.45, 2.75) is 37.6 Å². The van der Waals surface area contributed by atoms with Gasteiger partial charge in [-0.1, -0.05) is 30.9 Å². The van der Waals surface area contributed by atoms with Crippen LogP contribution in [0.15, 0.2) is 16.6 Å². The smallest absolute Gasteiger partial charge is 0.323 e. The highest BCUT2D eigenvalue weighted by molar-refractivity contribution is 9.10. The van der Waals surface area contributed by atoms with Gasteiger partial charge in [-0.2, -0.15) is 0 Å². The molecule has 1 aliphatic heterocycles. The van der Waals surface area contributed by atoms with E-state index in [1.165, 1.54) is 6.07 Å². The van der Waals surface area contributed by atoms with E-state index in [-0.39, 0.29) is 16.6 Å². The minimum absolute atomic E-state index is 0.126. The molecule has 0 bridgehead atoms. The molecule has 1 spiro atoms. The molecule has 1 aromatic rings. The topological polar surface area (TPSA) is 49.4 Å². The van der Waals surface area contributed by atoms with Crippen LogP contribution in [0.4, 0.5) is 14.9 Å². The minimum Gasteiger partial charge on any atom is -0.323 e. The molecule has 2 fully saturated rings. The van der Waals surface area contributed by atoms with Gasteiger partial charge in [0.05, 0.1) is 10.7 Å². The standard InChI is InChI=1S/C14H13BrClFN2O2/c15-8-6-10(17)9(16)7-11(8)19-12(20)14(18-13(19)21)4-2-1-3-5-14/h6-7H,1-5H2,(H,18,21). The summed E-state index contributed by atoms with van der Waals surface area (Å²) in [6.07, 6.45) is 4.16. The molecular weight excluding hydrogens is 363 g/mol. The largest absolute Gasteiger partial charge is 0.329 e. The second kappa shape index (κ2) is 5.25. The van der Waals surface area contributed by atoms with Crippen molar-refractivity contribution in [1.82, 2.24) is 5.32 Å². The summed E-state index contributed by atoms with van der Waals surface area (Å²) in [6.45, 7) is 0. The summed E-state index contributed by atoms with van der Waals surface area (Å²) in [4.78, 5) is 26.0. The van der Waals surface area contributed by atoms with Gasteiger partial charge in [0.15, 0.2) is 0 Å². The first-order valence-electron chi connectivity index (χ1n) is 6.76. The Morgan fingerprint density at radius 3 is 2.57 bits per heavy atom. The predicted octanol–water partition coefficient (Wildman–Crippen LogP) is 4.00. The molecular formula is C14H13BrClFN2O2. The summed E-state index contributed by atoms with van der Waals surface area (Å²) in [5.74, 6) is -0.887. The first-order chi connectivity index (χ1) is 9.94. The lowest BCUT2D eigenvalue weighted by Crippen LogP contribution is -2.48. The molecule has 1 aromatic carbocycles. The van der Waals surface area contributed by atoms with Crippen LogP contribution in [0.2, 0.25) is 5.02 Å². The Bertz CT molecular complexity index is 632. The number of rotatable bonds is 1. The highest BCUT2D eigenvalue weighted by atomic mass is 79.9. The fourth-order valence-electron chi connectivity index (χ4n) is 3.02. The van der Waals surface area contributed by atoms with Crippen LogP contribution in [-0.4, -0.2) is 17.5 Å². The van der Waals surface area contributed by atoms with Crippen molar-refractivity contribution in [3.63, 3.8) is 0 Å². The predicted molar refractivity (Wildman–Crippen MR) is 80.9 cm³/mol. The Balaban J connectivity index is 2.01. The van der Waals surface area contributed by atoms with Crippen LogP contribution >= 0.6 is 27.5 Å². The fraction of sp³-hybridized carbons (Fsp3) is 0.429. The van der Waals surface area contributed by atoms with Gasteiger partial charge in [0, 0.05) is 4.47 Å². The Hall–Kier alpha value is -1.14. The third kappa shape index (κ3) is 2.34. The van der Waals surface area contributed by atoms with Gasteiger partial charge in [0.2, 0.25) is 0 Å². The second-order valence-corrected chi connectivity index (χ2v) is 6.69. The lowest BCUT2D eigenvalue weighted by Gasteiger charge is -2.30.